The van der Waals surface area contributed by atoms with Crippen molar-refractivity contribution in [3.8, 4) is 0 Å². The summed E-state index contributed by atoms with van der Waals surface area (Å²) in [5.41, 5.74) is 1.39. The number of aryl methyl sites for hydroxylation is 1. The zero-order valence-corrected chi connectivity index (χ0v) is 17.6. The van der Waals surface area contributed by atoms with E-state index in [9.17, 15) is 16.8 Å². The molecule has 1 saturated heterocycles. The van der Waals surface area contributed by atoms with Crippen LogP contribution in [0.15, 0.2) is 58.3 Å². The van der Waals surface area contributed by atoms with E-state index in [2.05, 4.69) is 4.72 Å². The van der Waals surface area contributed by atoms with Gasteiger partial charge >= 0.3 is 0 Å². The van der Waals surface area contributed by atoms with Crippen LogP contribution in [0.2, 0.25) is 0 Å². The van der Waals surface area contributed by atoms with E-state index in [0.717, 1.165) is 37.7 Å². The number of nitrogens with zero attached hydrogens (tertiary/aromatic N) is 1. The molecule has 0 saturated carbocycles. The van der Waals surface area contributed by atoms with Gasteiger partial charge in [0.25, 0.3) is 10.0 Å². The van der Waals surface area contributed by atoms with Crippen molar-refractivity contribution < 1.29 is 16.8 Å². The third kappa shape index (κ3) is 4.74. The minimum Gasteiger partial charge on any atom is -0.280 e. The van der Waals surface area contributed by atoms with Gasteiger partial charge in [-0.05, 0) is 61.2 Å². The second-order valence-electron chi connectivity index (χ2n) is 6.95. The van der Waals surface area contributed by atoms with Gasteiger partial charge < -0.3 is 0 Å². The van der Waals surface area contributed by atoms with Crippen LogP contribution in [0.5, 0.6) is 0 Å². The number of anilines is 1. The topological polar surface area (TPSA) is 83.5 Å². The summed E-state index contributed by atoms with van der Waals surface area (Å²) >= 11 is 0. The molecule has 6 nitrogen and oxygen atoms in total. The van der Waals surface area contributed by atoms with Crippen molar-refractivity contribution in [3.05, 3.63) is 54.1 Å². The SMILES string of the molecule is CCc1ccc(S(=O)(=O)Nc2ccc(S(=O)(=O)N3CCCCCC3)cc2)cc1. The van der Waals surface area contributed by atoms with Gasteiger partial charge in [-0.2, -0.15) is 4.31 Å². The first-order valence-electron chi connectivity index (χ1n) is 9.55. The highest BCUT2D eigenvalue weighted by molar-refractivity contribution is 7.92. The summed E-state index contributed by atoms with van der Waals surface area (Å²) in [4.78, 5) is 0.357. The van der Waals surface area contributed by atoms with E-state index >= 15 is 0 Å². The zero-order chi connectivity index (χ0) is 20.2. The second kappa shape index (κ2) is 8.63. The van der Waals surface area contributed by atoms with Crippen molar-refractivity contribution in [3.63, 3.8) is 0 Å². The van der Waals surface area contributed by atoms with E-state index in [1.165, 1.54) is 28.6 Å². The summed E-state index contributed by atoms with van der Waals surface area (Å²) in [5.74, 6) is 0. The third-order valence-electron chi connectivity index (χ3n) is 4.95. The van der Waals surface area contributed by atoms with Gasteiger partial charge in [0, 0.05) is 18.8 Å². The number of hydrogen-bond donors (Lipinski definition) is 1. The summed E-state index contributed by atoms with van der Waals surface area (Å²) in [6.07, 6.45) is 4.67. The van der Waals surface area contributed by atoms with Crippen molar-refractivity contribution >= 4 is 25.7 Å². The van der Waals surface area contributed by atoms with Crippen LogP contribution in [-0.2, 0) is 26.5 Å². The number of benzene rings is 2. The fourth-order valence-corrected chi connectivity index (χ4v) is 5.82. The number of sulfonamides is 2. The van der Waals surface area contributed by atoms with Crippen LogP contribution in [0.4, 0.5) is 5.69 Å². The molecule has 0 amide bonds. The van der Waals surface area contributed by atoms with E-state index in [-0.39, 0.29) is 9.79 Å². The van der Waals surface area contributed by atoms with E-state index in [1.54, 1.807) is 24.3 Å². The van der Waals surface area contributed by atoms with Gasteiger partial charge in [-0.15, -0.1) is 0 Å². The lowest BCUT2D eigenvalue weighted by Crippen LogP contribution is -2.31. The van der Waals surface area contributed by atoms with Crippen LogP contribution in [0.1, 0.15) is 38.2 Å². The maximum Gasteiger partial charge on any atom is 0.261 e. The second-order valence-corrected chi connectivity index (χ2v) is 10.6. The average Bonchev–Trinajstić information content (AvgIpc) is 2.98. The Bertz CT molecular complexity index is 991. The molecule has 0 aromatic heterocycles. The average molecular weight is 423 g/mol. The molecular weight excluding hydrogens is 396 g/mol. The summed E-state index contributed by atoms with van der Waals surface area (Å²) in [6.45, 7) is 3.07. The van der Waals surface area contributed by atoms with Crippen LogP contribution >= 0.6 is 0 Å². The lowest BCUT2D eigenvalue weighted by molar-refractivity contribution is 0.424. The molecule has 1 fully saturated rings. The summed E-state index contributed by atoms with van der Waals surface area (Å²) in [7, 11) is -7.27. The molecule has 2 aromatic carbocycles. The Balaban J connectivity index is 1.76. The standard InChI is InChI=1S/C20H26N2O4S2/c1-2-17-7-11-19(12-8-17)27(23,24)21-18-9-13-20(14-10-18)28(25,26)22-15-5-3-4-6-16-22/h7-14,21H,2-6,15-16H2,1H3. The first kappa shape index (κ1) is 20.8. The Labute approximate surface area is 167 Å². The van der Waals surface area contributed by atoms with Gasteiger partial charge in [-0.1, -0.05) is 31.9 Å². The summed E-state index contributed by atoms with van der Waals surface area (Å²) < 4.78 is 54.7. The molecule has 1 N–H and O–H groups in total. The quantitative estimate of drug-likeness (QED) is 0.771. The largest absolute Gasteiger partial charge is 0.280 e. The van der Waals surface area contributed by atoms with Gasteiger partial charge in [0.15, 0.2) is 0 Å². The van der Waals surface area contributed by atoms with Crippen molar-refractivity contribution in [2.24, 2.45) is 0 Å². The van der Waals surface area contributed by atoms with Gasteiger partial charge in [0.2, 0.25) is 10.0 Å². The van der Waals surface area contributed by atoms with E-state index < -0.39 is 20.0 Å². The molecule has 8 heteroatoms. The van der Waals surface area contributed by atoms with Crippen LogP contribution in [-0.4, -0.2) is 34.2 Å². The number of hydrogen-bond acceptors (Lipinski definition) is 4. The van der Waals surface area contributed by atoms with Crippen molar-refractivity contribution in [1.29, 1.82) is 0 Å². The maximum atomic E-state index is 12.8. The van der Waals surface area contributed by atoms with E-state index in [0.29, 0.717) is 18.8 Å². The highest BCUT2D eigenvalue weighted by Gasteiger charge is 2.25. The molecule has 0 atom stereocenters. The molecule has 28 heavy (non-hydrogen) atoms. The smallest absolute Gasteiger partial charge is 0.261 e. The number of rotatable bonds is 6. The molecule has 0 unspecified atom stereocenters. The predicted octanol–water partition coefficient (Wildman–Crippen LogP) is 3.61. The molecule has 1 heterocycles. The Kier molecular flexibility index (Phi) is 6.42. The van der Waals surface area contributed by atoms with Crippen molar-refractivity contribution in [1.82, 2.24) is 4.31 Å². The molecule has 1 aliphatic heterocycles. The Morgan fingerprint density at radius 3 is 1.86 bits per heavy atom. The zero-order valence-electron chi connectivity index (χ0n) is 16.0. The van der Waals surface area contributed by atoms with Crippen molar-refractivity contribution in [2.75, 3.05) is 17.8 Å². The van der Waals surface area contributed by atoms with Gasteiger partial charge in [-0.3, -0.25) is 4.72 Å². The maximum absolute atomic E-state index is 12.8. The summed E-state index contributed by atoms with van der Waals surface area (Å²) in [6, 6.07) is 12.6. The number of nitrogens with one attached hydrogen (secondary N) is 1. The fourth-order valence-electron chi connectivity index (χ4n) is 3.24. The predicted molar refractivity (Wildman–Crippen MR) is 110 cm³/mol. The summed E-state index contributed by atoms with van der Waals surface area (Å²) in [5, 5.41) is 0. The van der Waals surface area contributed by atoms with E-state index in [4.69, 9.17) is 0 Å². The van der Waals surface area contributed by atoms with Crippen LogP contribution in [0, 0.1) is 0 Å². The molecule has 2 aromatic rings. The Hall–Kier alpha value is -1.90. The van der Waals surface area contributed by atoms with E-state index in [1.807, 2.05) is 6.92 Å². The molecule has 1 aliphatic rings. The highest BCUT2D eigenvalue weighted by Crippen LogP contribution is 2.23. The highest BCUT2D eigenvalue weighted by atomic mass is 32.2. The fraction of sp³-hybridized carbons (Fsp3) is 0.400. The monoisotopic (exact) mass is 422 g/mol. The molecule has 3 rings (SSSR count). The van der Waals surface area contributed by atoms with Gasteiger partial charge in [0.1, 0.15) is 0 Å². The molecule has 152 valence electrons. The van der Waals surface area contributed by atoms with Gasteiger partial charge in [0.05, 0.1) is 9.79 Å². The molecular formula is C20H26N2O4S2. The molecule has 0 radical (unpaired) electrons. The van der Waals surface area contributed by atoms with Crippen molar-refractivity contribution in [2.45, 2.75) is 48.8 Å². The molecule has 0 aliphatic carbocycles. The van der Waals surface area contributed by atoms with Crippen LogP contribution in [0.25, 0.3) is 0 Å². The molecule has 0 spiro atoms. The first-order chi connectivity index (χ1) is 13.3. The Morgan fingerprint density at radius 2 is 1.32 bits per heavy atom. The first-order valence-corrected chi connectivity index (χ1v) is 12.5. The molecule has 0 bridgehead atoms. The Morgan fingerprint density at radius 1 is 0.786 bits per heavy atom. The minimum absolute atomic E-state index is 0.172. The minimum atomic E-state index is -3.72. The lowest BCUT2D eigenvalue weighted by atomic mass is 10.2. The van der Waals surface area contributed by atoms with Gasteiger partial charge in [-0.25, -0.2) is 16.8 Å². The van der Waals surface area contributed by atoms with Crippen LogP contribution < -0.4 is 4.72 Å². The normalized spacial score (nSPS) is 16.5. The third-order valence-corrected chi connectivity index (χ3v) is 8.26. The van der Waals surface area contributed by atoms with Crippen LogP contribution in [0.3, 0.4) is 0 Å². The lowest BCUT2D eigenvalue weighted by Gasteiger charge is -2.20.